The topological polar surface area (TPSA) is 12.0 Å². The molecule has 1 fully saturated rings. The minimum atomic E-state index is 0.630. The molecule has 0 saturated carbocycles. The Morgan fingerprint density at radius 1 is 1.40 bits per heavy atom. The van der Waals surface area contributed by atoms with Crippen LogP contribution in [0.15, 0.2) is 23.1 Å². The van der Waals surface area contributed by atoms with E-state index in [1.54, 1.807) is 11.8 Å². The Balaban J connectivity index is 1.94. The van der Waals surface area contributed by atoms with E-state index in [0.29, 0.717) is 6.04 Å². The van der Waals surface area contributed by atoms with E-state index in [1.807, 2.05) is 18.2 Å². The molecule has 4 heteroatoms. The molecular weight excluding hydrogens is 249 g/mol. The zero-order chi connectivity index (χ0) is 10.7. The molecule has 0 aliphatic carbocycles. The van der Waals surface area contributed by atoms with Crippen molar-refractivity contribution in [1.29, 1.82) is 0 Å². The average Bonchev–Trinajstić information content (AvgIpc) is 2.72. The third-order valence-electron chi connectivity index (χ3n) is 2.50. The number of hydrogen-bond acceptors (Lipinski definition) is 2. The lowest BCUT2D eigenvalue weighted by molar-refractivity contribution is 0.674. The van der Waals surface area contributed by atoms with Gasteiger partial charge in [0.15, 0.2) is 0 Å². The summed E-state index contributed by atoms with van der Waals surface area (Å²) in [5, 5.41) is 5.01. The third kappa shape index (κ3) is 3.28. The van der Waals surface area contributed by atoms with Gasteiger partial charge >= 0.3 is 0 Å². The first-order valence-corrected chi connectivity index (χ1v) is 6.81. The SMILES string of the molecule is Clc1ccc(Cl)c(SCC2CCCN2)c1. The molecular formula is C11H13Cl2NS. The fourth-order valence-corrected chi connectivity index (χ4v) is 3.28. The Morgan fingerprint density at radius 2 is 2.27 bits per heavy atom. The van der Waals surface area contributed by atoms with Gasteiger partial charge in [-0.3, -0.25) is 0 Å². The summed E-state index contributed by atoms with van der Waals surface area (Å²) in [5.74, 6) is 1.07. The Kier molecular flexibility index (Phi) is 4.21. The van der Waals surface area contributed by atoms with Gasteiger partial charge in [0.05, 0.1) is 5.02 Å². The summed E-state index contributed by atoms with van der Waals surface area (Å²) in [5.41, 5.74) is 0. The number of nitrogens with one attached hydrogen (secondary N) is 1. The molecule has 1 unspecified atom stereocenters. The number of hydrogen-bond donors (Lipinski definition) is 1. The summed E-state index contributed by atoms with van der Waals surface area (Å²) in [6.07, 6.45) is 2.56. The first-order chi connectivity index (χ1) is 7.25. The van der Waals surface area contributed by atoms with Gasteiger partial charge < -0.3 is 5.32 Å². The molecule has 15 heavy (non-hydrogen) atoms. The number of benzene rings is 1. The lowest BCUT2D eigenvalue weighted by Gasteiger charge is -2.10. The lowest BCUT2D eigenvalue weighted by Crippen LogP contribution is -2.23. The predicted molar refractivity (Wildman–Crippen MR) is 68.2 cm³/mol. The third-order valence-corrected chi connectivity index (χ3v) is 4.39. The fourth-order valence-electron chi connectivity index (χ4n) is 1.68. The van der Waals surface area contributed by atoms with Gasteiger partial charge in [-0.05, 0) is 37.6 Å². The van der Waals surface area contributed by atoms with Crippen LogP contribution in [0.5, 0.6) is 0 Å². The van der Waals surface area contributed by atoms with Crippen LogP contribution < -0.4 is 5.32 Å². The number of halogens is 2. The van der Waals surface area contributed by atoms with Gasteiger partial charge in [-0.2, -0.15) is 0 Å². The van der Waals surface area contributed by atoms with Gasteiger partial charge in [-0.15, -0.1) is 11.8 Å². The number of rotatable bonds is 3. The minimum Gasteiger partial charge on any atom is -0.313 e. The van der Waals surface area contributed by atoms with Crippen LogP contribution >= 0.6 is 35.0 Å². The molecule has 1 aliphatic rings. The van der Waals surface area contributed by atoms with Crippen LogP contribution in [0.4, 0.5) is 0 Å². The van der Waals surface area contributed by atoms with Gasteiger partial charge in [0.2, 0.25) is 0 Å². The van der Waals surface area contributed by atoms with Crippen LogP contribution in [0.25, 0.3) is 0 Å². The zero-order valence-electron chi connectivity index (χ0n) is 8.30. The molecule has 0 bridgehead atoms. The Hall–Kier alpha value is 0.110. The largest absolute Gasteiger partial charge is 0.313 e. The van der Waals surface area contributed by atoms with Crippen LogP contribution in [0, 0.1) is 0 Å². The van der Waals surface area contributed by atoms with Crippen LogP contribution in [-0.2, 0) is 0 Å². The van der Waals surface area contributed by atoms with Gasteiger partial charge in [-0.1, -0.05) is 23.2 Å². The van der Waals surface area contributed by atoms with E-state index in [-0.39, 0.29) is 0 Å². The summed E-state index contributed by atoms with van der Waals surface area (Å²) in [4.78, 5) is 1.08. The minimum absolute atomic E-state index is 0.630. The van der Waals surface area contributed by atoms with Crippen molar-refractivity contribution in [3.63, 3.8) is 0 Å². The van der Waals surface area contributed by atoms with Crippen molar-refractivity contribution in [1.82, 2.24) is 5.32 Å². The van der Waals surface area contributed by atoms with E-state index < -0.39 is 0 Å². The molecule has 1 atom stereocenters. The fraction of sp³-hybridized carbons (Fsp3) is 0.455. The van der Waals surface area contributed by atoms with Crippen LogP contribution in [0.1, 0.15) is 12.8 Å². The standard InChI is InChI=1S/C11H13Cl2NS/c12-8-3-4-10(13)11(6-8)15-7-9-2-1-5-14-9/h3-4,6,9,14H,1-2,5,7H2. The molecule has 1 aromatic rings. The molecule has 0 radical (unpaired) electrons. The van der Waals surface area contributed by atoms with E-state index in [0.717, 1.165) is 27.2 Å². The summed E-state index contributed by atoms with van der Waals surface area (Å²) in [6, 6.07) is 6.24. The Labute approximate surface area is 105 Å². The maximum atomic E-state index is 6.08. The van der Waals surface area contributed by atoms with Gasteiger partial charge in [-0.25, -0.2) is 0 Å². The van der Waals surface area contributed by atoms with E-state index in [9.17, 15) is 0 Å². The highest BCUT2D eigenvalue weighted by atomic mass is 35.5. The summed E-state index contributed by atoms with van der Waals surface area (Å²) in [6.45, 7) is 1.15. The predicted octanol–water partition coefficient (Wildman–Crippen LogP) is 3.84. The highest BCUT2D eigenvalue weighted by Crippen LogP contribution is 2.30. The molecule has 2 rings (SSSR count). The molecule has 0 spiro atoms. The van der Waals surface area contributed by atoms with Crippen molar-refractivity contribution in [2.45, 2.75) is 23.8 Å². The lowest BCUT2D eigenvalue weighted by atomic mass is 10.3. The maximum absolute atomic E-state index is 6.08. The van der Waals surface area contributed by atoms with E-state index in [4.69, 9.17) is 23.2 Å². The van der Waals surface area contributed by atoms with Crippen LogP contribution in [-0.4, -0.2) is 18.3 Å². The van der Waals surface area contributed by atoms with Crippen molar-refractivity contribution >= 4 is 35.0 Å². The van der Waals surface area contributed by atoms with Crippen molar-refractivity contribution in [2.24, 2.45) is 0 Å². The molecule has 0 aromatic heterocycles. The normalized spacial score (nSPS) is 20.8. The molecule has 1 saturated heterocycles. The highest BCUT2D eigenvalue weighted by molar-refractivity contribution is 7.99. The van der Waals surface area contributed by atoms with Crippen molar-refractivity contribution in [3.8, 4) is 0 Å². The van der Waals surface area contributed by atoms with Gasteiger partial charge in [0.25, 0.3) is 0 Å². The highest BCUT2D eigenvalue weighted by Gasteiger charge is 2.14. The summed E-state index contributed by atoms with van der Waals surface area (Å²) >= 11 is 13.8. The second-order valence-electron chi connectivity index (χ2n) is 3.68. The van der Waals surface area contributed by atoms with Crippen molar-refractivity contribution in [2.75, 3.05) is 12.3 Å². The smallest absolute Gasteiger partial charge is 0.0542 e. The second-order valence-corrected chi connectivity index (χ2v) is 5.58. The maximum Gasteiger partial charge on any atom is 0.0542 e. The van der Waals surface area contributed by atoms with Crippen LogP contribution in [0.3, 0.4) is 0 Å². The van der Waals surface area contributed by atoms with Gasteiger partial charge in [0, 0.05) is 21.7 Å². The first-order valence-electron chi connectivity index (χ1n) is 5.07. The molecule has 0 amide bonds. The summed E-state index contributed by atoms with van der Waals surface area (Å²) in [7, 11) is 0. The van der Waals surface area contributed by atoms with E-state index in [1.165, 1.54) is 12.8 Å². The van der Waals surface area contributed by atoms with Crippen molar-refractivity contribution < 1.29 is 0 Å². The van der Waals surface area contributed by atoms with E-state index in [2.05, 4.69) is 5.32 Å². The summed E-state index contributed by atoms with van der Waals surface area (Å²) < 4.78 is 0. The molecule has 1 N–H and O–H groups in total. The van der Waals surface area contributed by atoms with Crippen LogP contribution in [0.2, 0.25) is 10.0 Å². The van der Waals surface area contributed by atoms with E-state index >= 15 is 0 Å². The molecule has 1 nitrogen and oxygen atoms in total. The van der Waals surface area contributed by atoms with Crippen molar-refractivity contribution in [3.05, 3.63) is 28.2 Å². The van der Waals surface area contributed by atoms with Gasteiger partial charge in [0.1, 0.15) is 0 Å². The monoisotopic (exact) mass is 261 g/mol. The Bertz CT molecular complexity index is 337. The molecule has 1 aliphatic heterocycles. The quantitative estimate of drug-likeness (QED) is 0.831. The zero-order valence-corrected chi connectivity index (χ0v) is 10.6. The Morgan fingerprint density at radius 3 is 3.00 bits per heavy atom. The molecule has 1 heterocycles. The molecule has 82 valence electrons. The second kappa shape index (κ2) is 5.44. The molecule has 1 aromatic carbocycles. The first kappa shape index (κ1) is 11.6. The average molecular weight is 262 g/mol. The number of thioether (sulfide) groups is 1.